The summed E-state index contributed by atoms with van der Waals surface area (Å²) in [5, 5.41) is 2.05. The van der Waals surface area contributed by atoms with Gasteiger partial charge in [0.25, 0.3) is 0 Å². The summed E-state index contributed by atoms with van der Waals surface area (Å²) < 4.78 is 34.3. The maximum Gasteiger partial charge on any atom is 0.419 e. The Morgan fingerprint density at radius 2 is 1.81 bits per heavy atom. The van der Waals surface area contributed by atoms with E-state index < -0.39 is 15.8 Å². The molecule has 3 aromatic carbocycles. The Balaban J connectivity index is 1.66. The van der Waals surface area contributed by atoms with Gasteiger partial charge in [0, 0.05) is 19.7 Å². The fourth-order valence-corrected chi connectivity index (χ4v) is 4.01. The van der Waals surface area contributed by atoms with Gasteiger partial charge in [-0.15, -0.1) is 0 Å². The third-order valence-electron chi connectivity index (χ3n) is 4.41. The summed E-state index contributed by atoms with van der Waals surface area (Å²) in [5.74, 6) is -0.529. The van der Waals surface area contributed by atoms with E-state index in [9.17, 15) is 13.2 Å². The van der Waals surface area contributed by atoms with Crippen molar-refractivity contribution in [3.63, 3.8) is 0 Å². The van der Waals surface area contributed by atoms with E-state index in [-0.39, 0.29) is 17.0 Å². The van der Waals surface area contributed by atoms with Crippen molar-refractivity contribution in [2.45, 2.75) is 11.4 Å². The molecule has 0 unspecified atom stereocenters. The number of sulfonamides is 1. The fourth-order valence-electron chi connectivity index (χ4n) is 2.98. The molecular weight excluding hydrogens is 352 g/mol. The van der Waals surface area contributed by atoms with Gasteiger partial charge < -0.3 is 4.42 Å². The smallest absolute Gasteiger partial charge is 0.408 e. The molecular formula is C19H16N2O4S. The quantitative estimate of drug-likeness (QED) is 0.601. The first-order valence-electron chi connectivity index (χ1n) is 8.01. The Bertz CT molecular complexity index is 1280. The van der Waals surface area contributed by atoms with Crippen molar-refractivity contribution < 1.29 is 12.8 Å². The predicted molar refractivity (Wildman–Crippen MR) is 99.4 cm³/mol. The lowest BCUT2D eigenvalue weighted by atomic mass is 10.1. The summed E-state index contributed by atoms with van der Waals surface area (Å²) in [6.45, 7) is 0.167. The lowest BCUT2D eigenvalue weighted by Gasteiger charge is -2.09. The van der Waals surface area contributed by atoms with Crippen LogP contribution in [0.1, 0.15) is 5.56 Å². The minimum Gasteiger partial charge on any atom is -0.408 e. The van der Waals surface area contributed by atoms with E-state index >= 15 is 0 Å². The molecule has 0 saturated carbocycles. The van der Waals surface area contributed by atoms with Gasteiger partial charge in [-0.1, -0.05) is 42.5 Å². The van der Waals surface area contributed by atoms with Crippen molar-refractivity contribution in [3.8, 4) is 0 Å². The van der Waals surface area contributed by atoms with Gasteiger partial charge in [0.05, 0.1) is 10.4 Å². The molecule has 0 amide bonds. The van der Waals surface area contributed by atoms with Crippen molar-refractivity contribution in [3.05, 3.63) is 76.8 Å². The van der Waals surface area contributed by atoms with Crippen LogP contribution in [0.5, 0.6) is 0 Å². The highest BCUT2D eigenvalue weighted by Gasteiger charge is 2.17. The second kappa shape index (κ2) is 6.12. The van der Waals surface area contributed by atoms with E-state index in [1.165, 1.54) is 16.7 Å². The largest absolute Gasteiger partial charge is 0.419 e. The Morgan fingerprint density at radius 3 is 2.65 bits per heavy atom. The van der Waals surface area contributed by atoms with Gasteiger partial charge in [0.15, 0.2) is 5.58 Å². The van der Waals surface area contributed by atoms with E-state index in [1.54, 1.807) is 13.1 Å². The topological polar surface area (TPSA) is 81.3 Å². The zero-order valence-corrected chi connectivity index (χ0v) is 14.8. The molecule has 0 fully saturated rings. The first-order valence-corrected chi connectivity index (χ1v) is 9.50. The maximum atomic E-state index is 12.6. The van der Waals surface area contributed by atoms with Crippen molar-refractivity contribution in [1.29, 1.82) is 0 Å². The first-order chi connectivity index (χ1) is 12.5. The van der Waals surface area contributed by atoms with Crippen molar-refractivity contribution >= 4 is 31.9 Å². The lowest BCUT2D eigenvalue weighted by Crippen LogP contribution is -2.23. The molecule has 26 heavy (non-hydrogen) atoms. The van der Waals surface area contributed by atoms with Gasteiger partial charge in [-0.05, 0) is 28.5 Å². The SMILES string of the molecule is Cn1c(=O)oc2cc(S(=O)(=O)NCc3cccc4ccccc34)ccc21. The molecule has 6 nitrogen and oxygen atoms in total. The number of oxazole rings is 1. The molecule has 1 aromatic heterocycles. The normalized spacial score (nSPS) is 12.0. The average Bonchev–Trinajstić information content (AvgIpc) is 2.93. The van der Waals surface area contributed by atoms with Crippen LogP contribution in [0.2, 0.25) is 0 Å². The molecule has 0 aliphatic carbocycles. The summed E-state index contributed by atoms with van der Waals surface area (Å²) >= 11 is 0. The third-order valence-corrected chi connectivity index (χ3v) is 5.81. The van der Waals surface area contributed by atoms with Crippen LogP contribution in [0.15, 0.2) is 74.8 Å². The molecule has 0 bridgehead atoms. The van der Waals surface area contributed by atoms with Crippen molar-refractivity contribution in [2.75, 3.05) is 0 Å². The Morgan fingerprint density at radius 1 is 1.04 bits per heavy atom. The van der Waals surface area contributed by atoms with Gasteiger partial charge >= 0.3 is 5.76 Å². The van der Waals surface area contributed by atoms with Gasteiger partial charge in [-0.25, -0.2) is 17.9 Å². The van der Waals surface area contributed by atoms with E-state index in [2.05, 4.69) is 4.72 Å². The average molecular weight is 368 g/mol. The Kier molecular flexibility index (Phi) is 3.90. The highest BCUT2D eigenvalue weighted by Crippen LogP contribution is 2.21. The second-order valence-electron chi connectivity index (χ2n) is 6.02. The van der Waals surface area contributed by atoms with Crippen molar-refractivity contribution in [1.82, 2.24) is 9.29 Å². The molecule has 0 radical (unpaired) electrons. The summed E-state index contributed by atoms with van der Waals surface area (Å²) in [6.07, 6.45) is 0. The van der Waals surface area contributed by atoms with E-state index in [1.807, 2.05) is 42.5 Å². The number of rotatable bonds is 4. The van der Waals surface area contributed by atoms with Gasteiger partial charge in [-0.3, -0.25) is 4.57 Å². The summed E-state index contributed by atoms with van der Waals surface area (Å²) in [7, 11) is -2.17. The minimum atomic E-state index is -3.74. The Labute approximate surface area is 149 Å². The van der Waals surface area contributed by atoms with Crippen molar-refractivity contribution in [2.24, 2.45) is 7.05 Å². The molecule has 0 saturated heterocycles. The number of fused-ring (bicyclic) bond motifs is 2. The van der Waals surface area contributed by atoms with Crippen LogP contribution in [0.25, 0.3) is 21.9 Å². The highest BCUT2D eigenvalue weighted by molar-refractivity contribution is 7.89. The number of nitrogens with zero attached hydrogens (tertiary/aromatic N) is 1. The molecule has 132 valence electrons. The number of benzene rings is 3. The highest BCUT2D eigenvalue weighted by atomic mass is 32.2. The molecule has 0 aliphatic heterocycles. The van der Waals surface area contributed by atoms with Crippen LogP contribution in [0.4, 0.5) is 0 Å². The molecule has 1 heterocycles. The second-order valence-corrected chi connectivity index (χ2v) is 7.79. The van der Waals surface area contributed by atoms with Gasteiger partial charge in [0.1, 0.15) is 0 Å². The minimum absolute atomic E-state index is 0.0552. The van der Waals surface area contributed by atoms with E-state index in [4.69, 9.17) is 4.42 Å². The molecule has 1 N–H and O–H groups in total. The first kappa shape index (κ1) is 16.6. The van der Waals surface area contributed by atoms with Crippen LogP contribution in [-0.2, 0) is 23.6 Å². The maximum absolute atomic E-state index is 12.6. The lowest BCUT2D eigenvalue weighted by molar-refractivity contribution is 0.527. The molecule has 4 rings (SSSR count). The van der Waals surface area contributed by atoms with Crippen LogP contribution < -0.4 is 10.5 Å². The van der Waals surface area contributed by atoms with Crippen LogP contribution >= 0.6 is 0 Å². The Hall–Kier alpha value is -2.90. The molecule has 7 heteroatoms. The monoisotopic (exact) mass is 368 g/mol. The van der Waals surface area contributed by atoms with Crippen LogP contribution in [0, 0.1) is 0 Å². The summed E-state index contributed by atoms with van der Waals surface area (Å²) in [6, 6.07) is 18.0. The van der Waals surface area contributed by atoms with E-state index in [0.29, 0.717) is 5.52 Å². The predicted octanol–water partition coefficient (Wildman–Crippen LogP) is 2.76. The molecule has 0 atom stereocenters. The fraction of sp³-hybridized carbons (Fsp3) is 0.105. The number of nitrogens with one attached hydrogen (secondary N) is 1. The standard InChI is InChI=1S/C19H16N2O4S/c1-21-17-10-9-15(11-18(17)25-19(21)22)26(23,24)20-12-14-7-4-6-13-5-2-3-8-16(13)14/h2-11,20H,12H2,1H3. The zero-order valence-electron chi connectivity index (χ0n) is 14.0. The number of hydrogen-bond donors (Lipinski definition) is 1. The van der Waals surface area contributed by atoms with Gasteiger partial charge in [-0.2, -0.15) is 0 Å². The number of aryl methyl sites for hydroxylation is 1. The zero-order chi connectivity index (χ0) is 18.3. The summed E-state index contributed by atoms with van der Waals surface area (Å²) in [4.78, 5) is 11.6. The number of aromatic nitrogens is 1. The number of hydrogen-bond acceptors (Lipinski definition) is 4. The summed E-state index contributed by atoms with van der Waals surface area (Å²) in [5.41, 5.74) is 1.67. The molecule has 4 aromatic rings. The van der Waals surface area contributed by atoms with Crippen LogP contribution in [0.3, 0.4) is 0 Å². The van der Waals surface area contributed by atoms with Crippen LogP contribution in [-0.4, -0.2) is 13.0 Å². The molecule has 0 spiro atoms. The third kappa shape index (κ3) is 2.81. The van der Waals surface area contributed by atoms with E-state index in [0.717, 1.165) is 16.3 Å². The molecule has 0 aliphatic rings. The van der Waals surface area contributed by atoms with Gasteiger partial charge in [0.2, 0.25) is 10.0 Å².